The molecule has 0 bridgehead atoms. The first-order chi connectivity index (χ1) is 8.74. The largest absolute Gasteiger partial charge is 0.496 e. The molecule has 0 saturated carbocycles. The number of hydrogen-bond donors (Lipinski definition) is 0. The molecule has 0 heterocycles. The van der Waals surface area contributed by atoms with E-state index >= 15 is 0 Å². The normalized spacial score (nSPS) is 9.83. The van der Waals surface area contributed by atoms with Crippen molar-refractivity contribution in [3.05, 3.63) is 52.5 Å². The van der Waals surface area contributed by atoms with Gasteiger partial charge in [-0.3, -0.25) is 0 Å². The molecule has 2 aromatic carbocycles. The van der Waals surface area contributed by atoms with E-state index in [4.69, 9.17) is 10.00 Å². The highest BCUT2D eigenvalue weighted by molar-refractivity contribution is 9.10. The van der Waals surface area contributed by atoms with Crippen molar-refractivity contribution in [1.29, 1.82) is 5.26 Å². The van der Waals surface area contributed by atoms with Gasteiger partial charge in [0, 0.05) is 9.37 Å². The van der Waals surface area contributed by atoms with Gasteiger partial charge in [-0.2, -0.15) is 5.26 Å². The number of hydrogen-bond acceptors (Lipinski definition) is 3. The molecule has 0 radical (unpaired) electrons. The van der Waals surface area contributed by atoms with Crippen molar-refractivity contribution in [2.75, 3.05) is 7.11 Å². The molecule has 2 nitrogen and oxygen atoms in total. The molecule has 0 saturated heterocycles. The lowest BCUT2D eigenvalue weighted by Gasteiger charge is -2.08. The molecular weight excluding hydrogens is 310 g/mol. The van der Waals surface area contributed by atoms with Gasteiger partial charge in [0.25, 0.3) is 0 Å². The summed E-state index contributed by atoms with van der Waals surface area (Å²) in [6.45, 7) is 0. The van der Waals surface area contributed by atoms with E-state index in [9.17, 15) is 0 Å². The molecule has 0 unspecified atom stereocenters. The lowest BCUT2D eigenvalue weighted by Crippen LogP contribution is -1.87. The molecule has 0 aliphatic rings. The van der Waals surface area contributed by atoms with E-state index in [0.717, 1.165) is 20.0 Å². The highest BCUT2D eigenvalue weighted by atomic mass is 79.9. The molecule has 0 amide bonds. The molecule has 0 aliphatic carbocycles. The maximum Gasteiger partial charge on any atom is 0.132 e. The minimum Gasteiger partial charge on any atom is -0.496 e. The van der Waals surface area contributed by atoms with E-state index in [2.05, 4.69) is 22.0 Å². The van der Waals surface area contributed by atoms with Gasteiger partial charge in [-0.15, -0.1) is 0 Å². The van der Waals surface area contributed by atoms with Crippen LogP contribution in [0.25, 0.3) is 0 Å². The van der Waals surface area contributed by atoms with E-state index in [1.54, 1.807) is 7.11 Å². The van der Waals surface area contributed by atoms with Crippen molar-refractivity contribution in [3.63, 3.8) is 0 Å². The Morgan fingerprint density at radius 3 is 2.67 bits per heavy atom. The van der Waals surface area contributed by atoms with E-state index < -0.39 is 0 Å². The molecule has 2 rings (SSSR count). The van der Waals surface area contributed by atoms with Crippen molar-refractivity contribution in [2.24, 2.45) is 0 Å². The third-order valence-corrected chi connectivity index (χ3v) is 3.96. The summed E-state index contributed by atoms with van der Waals surface area (Å²) < 4.78 is 6.26. The lowest BCUT2D eigenvalue weighted by molar-refractivity contribution is 0.405. The Hall–Kier alpha value is -1.44. The zero-order valence-electron chi connectivity index (χ0n) is 9.68. The van der Waals surface area contributed by atoms with Crippen LogP contribution in [0.5, 0.6) is 5.75 Å². The van der Waals surface area contributed by atoms with Crippen LogP contribution in [0.2, 0.25) is 0 Å². The predicted molar refractivity (Wildman–Crippen MR) is 76.0 cm³/mol. The number of nitrogens with zero attached hydrogens (tertiary/aromatic N) is 1. The summed E-state index contributed by atoms with van der Waals surface area (Å²) in [4.78, 5) is 1.91. The number of halogens is 1. The molecule has 0 spiro atoms. The quantitative estimate of drug-likeness (QED) is 0.836. The summed E-state index contributed by atoms with van der Waals surface area (Å²) in [5.41, 5.74) is 0.661. The van der Waals surface area contributed by atoms with Crippen LogP contribution in [0.1, 0.15) is 5.56 Å². The topological polar surface area (TPSA) is 33.0 Å². The van der Waals surface area contributed by atoms with Crippen molar-refractivity contribution < 1.29 is 4.74 Å². The maximum absolute atomic E-state index is 9.10. The first kappa shape index (κ1) is 13.0. The van der Waals surface area contributed by atoms with E-state index in [0.29, 0.717) is 5.56 Å². The third-order valence-electron chi connectivity index (χ3n) is 2.35. The maximum atomic E-state index is 9.10. The Morgan fingerprint density at radius 2 is 1.94 bits per heavy atom. The molecular formula is C14H10BrNOS. The Balaban J connectivity index is 2.40. The summed E-state index contributed by atoms with van der Waals surface area (Å²) in [5.74, 6) is 0.811. The van der Waals surface area contributed by atoms with E-state index in [-0.39, 0.29) is 0 Å². The Morgan fingerprint density at radius 1 is 1.17 bits per heavy atom. The third kappa shape index (κ3) is 2.87. The summed E-state index contributed by atoms with van der Waals surface area (Å²) >= 11 is 4.95. The van der Waals surface area contributed by atoms with Crippen molar-refractivity contribution in [3.8, 4) is 11.8 Å². The van der Waals surface area contributed by atoms with Gasteiger partial charge in [-0.05, 0) is 30.3 Å². The Labute approximate surface area is 119 Å². The number of methoxy groups -OCH3 is 1. The number of ether oxygens (including phenoxy) is 1. The molecule has 0 N–H and O–H groups in total. The van der Waals surface area contributed by atoms with Gasteiger partial charge in [-0.25, -0.2) is 0 Å². The monoisotopic (exact) mass is 319 g/mol. The second kappa shape index (κ2) is 5.94. The fourth-order valence-electron chi connectivity index (χ4n) is 1.49. The number of para-hydroxylation sites is 1. The van der Waals surface area contributed by atoms with Crippen LogP contribution >= 0.6 is 27.7 Å². The van der Waals surface area contributed by atoms with Gasteiger partial charge in [0.1, 0.15) is 11.8 Å². The smallest absolute Gasteiger partial charge is 0.132 e. The highest BCUT2D eigenvalue weighted by Gasteiger charge is 2.08. The van der Waals surface area contributed by atoms with Crippen molar-refractivity contribution in [1.82, 2.24) is 0 Å². The standard InChI is InChI=1S/C14H10BrNOS/c1-17-12-4-2-3-5-13(12)18-14-8-11(15)7-6-10(14)9-16/h2-8H,1H3. The summed E-state index contributed by atoms with van der Waals surface area (Å²) in [7, 11) is 1.64. The molecule has 18 heavy (non-hydrogen) atoms. The second-order valence-corrected chi connectivity index (χ2v) is 5.50. The van der Waals surface area contributed by atoms with Crippen LogP contribution in [0.4, 0.5) is 0 Å². The van der Waals surface area contributed by atoms with Gasteiger partial charge >= 0.3 is 0 Å². The van der Waals surface area contributed by atoms with Gasteiger partial charge in [-0.1, -0.05) is 39.8 Å². The van der Waals surface area contributed by atoms with Gasteiger partial charge in [0.05, 0.1) is 17.6 Å². The van der Waals surface area contributed by atoms with Crippen LogP contribution in [-0.4, -0.2) is 7.11 Å². The summed E-state index contributed by atoms with van der Waals surface area (Å²) in [5, 5.41) is 9.10. The van der Waals surface area contributed by atoms with Gasteiger partial charge in [0.2, 0.25) is 0 Å². The molecule has 90 valence electrons. The summed E-state index contributed by atoms with van der Waals surface area (Å²) in [6, 6.07) is 15.6. The van der Waals surface area contributed by atoms with Crippen LogP contribution in [-0.2, 0) is 0 Å². The van der Waals surface area contributed by atoms with Crippen molar-refractivity contribution >= 4 is 27.7 Å². The highest BCUT2D eigenvalue weighted by Crippen LogP contribution is 2.37. The van der Waals surface area contributed by atoms with Crippen LogP contribution < -0.4 is 4.74 Å². The Kier molecular flexibility index (Phi) is 4.29. The number of benzene rings is 2. The average molecular weight is 320 g/mol. The Bertz CT molecular complexity index is 607. The molecule has 0 aromatic heterocycles. The van der Waals surface area contributed by atoms with Gasteiger partial charge in [0.15, 0.2) is 0 Å². The van der Waals surface area contributed by atoms with Crippen LogP contribution in [0, 0.1) is 11.3 Å². The predicted octanol–water partition coefficient (Wildman–Crippen LogP) is 4.48. The zero-order valence-corrected chi connectivity index (χ0v) is 12.1. The SMILES string of the molecule is COc1ccccc1Sc1cc(Br)ccc1C#N. The van der Waals surface area contributed by atoms with E-state index in [1.807, 2.05) is 42.5 Å². The van der Waals surface area contributed by atoms with E-state index in [1.165, 1.54) is 11.8 Å². The number of rotatable bonds is 3. The first-order valence-corrected chi connectivity index (χ1v) is 6.86. The molecule has 2 aromatic rings. The molecule has 0 atom stereocenters. The lowest BCUT2D eigenvalue weighted by atomic mass is 10.2. The average Bonchev–Trinajstić information content (AvgIpc) is 2.40. The minimum absolute atomic E-state index is 0.661. The minimum atomic E-state index is 0.661. The van der Waals surface area contributed by atoms with Crippen LogP contribution in [0.15, 0.2) is 56.7 Å². The van der Waals surface area contributed by atoms with Gasteiger partial charge < -0.3 is 4.74 Å². The molecule has 4 heteroatoms. The zero-order chi connectivity index (χ0) is 13.0. The molecule has 0 aliphatic heterocycles. The fourth-order valence-corrected chi connectivity index (χ4v) is 3.05. The molecule has 0 fully saturated rings. The fraction of sp³-hybridized carbons (Fsp3) is 0.0714. The number of nitriles is 1. The van der Waals surface area contributed by atoms with Crippen LogP contribution in [0.3, 0.4) is 0 Å². The second-order valence-electron chi connectivity index (χ2n) is 3.51. The summed E-state index contributed by atoms with van der Waals surface area (Å²) in [6.07, 6.45) is 0. The van der Waals surface area contributed by atoms with Crippen molar-refractivity contribution in [2.45, 2.75) is 9.79 Å². The first-order valence-electron chi connectivity index (χ1n) is 5.25.